The number of primary sulfonamides is 1. The van der Waals surface area contributed by atoms with Crippen molar-refractivity contribution in [3.63, 3.8) is 0 Å². The molecule has 1 aromatic rings. The van der Waals surface area contributed by atoms with Crippen molar-refractivity contribution >= 4 is 31.6 Å². The Balaban J connectivity index is 2.71. The number of nitrogens with two attached hydrogens (primary N) is 1. The molecule has 4 N–H and O–H groups in total. The van der Waals surface area contributed by atoms with Gasteiger partial charge in [0.2, 0.25) is 20.0 Å². The first kappa shape index (κ1) is 16.1. The second-order valence-electron chi connectivity index (χ2n) is 3.63. The van der Waals surface area contributed by atoms with E-state index >= 15 is 0 Å². The van der Waals surface area contributed by atoms with Crippen LogP contribution in [0.3, 0.4) is 0 Å². The number of sulfonamides is 2. The van der Waals surface area contributed by atoms with Gasteiger partial charge in [0.15, 0.2) is 0 Å². The Hall–Kier alpha value is -0.940. The summed E-state index contributed by atoms with van der Waals surface area (Å²) in [6.45, 7) is -0.102. The summed E-state index contributed by atoms with van der Waals surface area (Å²) in [6, 6.07) is 1.00. The van der Waals surface area contributed by atoms with Gasteiger partial charge in [0.05, 0.1) is 10.6 Å². The van der Waals surface area contributed by atoms with Crippen LogP contribution in [0.5, 0.6) is 0 Å². The summed E-state index contributed by atoms with van der Waals surface area (Å²) in [7, 11) is -7.48. The van der Waals surface area contributed by atoms with Gasteiger partial charge in [-0.1, -0.05) is 11.6 Å². The van der Waals surface area contributed by atoms with Gasteiger partial charge in [-0.05, 0) is 12.5 Å². The van der Waals surface area contributed by atoms with Crippen molar-refractivity contribution in [1.82, 2.24) is 9.71 Å². The molecule has 11 heteroatoms. The third-order valence-electron chi connectivity index (χ3n) is 2.04. The molecule has 1 heterocycles. The lowest BCUT2D eigenvalue weighted by Gasteiger charge is -2.06. The predicted molar refractivity (Wildman–Crippen MR) is 69.9 cm³/mol. The van der Waals surface area contributed by atoms with Crippen LogP contribution in [0.25, 0.3) is 0 Å². The molecule has 0 aliphatic carbocycles. The van der Waals surface area contributed by atoms with E-state index in [1.54, 1.807) is 0 Å². The minimum atomic E-state index is -3.86. The first-order valence-corrected chi connectivity index (χ1v) is 8.58. The Kier molecular flexibility index (Phi) is 5.10. The molecule has 0 spiro atoms. The van der Waals surface area contributed by atoms with E-state index in [9.17, 15) is 21.6 Å². The highest BCUT2D eigenvalue weighted by atomic mass is 35.5. The minimum Gasteiger partial charge on any atom is -0.326 e. The lowest BCUT2D eigenvalue weighted by molar-refractivity contribution is 0.576. The van der Waals surface area contributed by atoms with E-state index < -0.39 is 25.6 Å². The molecule has 1 aromatic heterocycles. The van der Waals surface area contributed by atoms with Gasteiger partial charge in [0.25, 0.3) is 5.56 Å². The summed E-state index contributed by atoms with van der Waals surface area (Å²) >= 11 is 5.51. The second kappa shape index (κ2) is 6.01. The fourth-order valence-corrected chi connectivity index (χ4v) is 3.01. The molecule has 0 saturated heterocycles. The summed E-state index contributed by atoms with van der Waals surface area (Å²) < 4.78 is 47.0. The van der Waals surface area contributed by atoms with E-state index in [4.69, 9.17) is 16.7 Å². The maximum absolute atomic E-state index is 11.7. The first-order valence-electron chi connectivity index (χ1n) is 5.00. The third kappa shape index (κ3) is 5.28. The van der Waals surface area contributed by atoms with Gasteiger partial charge in [-0.2, -0.15) is 0 Å². The van der Waals surface area contributed by atoms with E-state index in [1.165, 1.54) is 0 Å². The smallest absolute Gasteiger partial charge is 0.266 e. The summed E-state index contributed by atoms with van der Waals surface area (Å²) in [4.78, 5) is 12.9. The summed E-state index contributed by atoms with van der Waals surface area (Å²) in [6.07, 6.45) is 1.03. The topological polar surface area (TPSA) is 139 Å². The Morgan fingerprint density at radius 2 is 1.95 bits per heavy atom. The number of halogens is 1. The molecule has 0 saturated carbocycles. The number of nitrogens with one attached hydrogen (secondary N) is 2. The summed E-state index contributed by atoms with van der Waals surface area (Å²) in [5.74, 6) is -0.331. The third-order valence-corrected chi connectivity index (χ3v) is 4.62. The van der Waals surface area contributed by atoms with Crippen molar-refractivity contribution in [3.05, 3.63) is 27.6 Å². The maximum Gasteiger partial charge on any atom is 0.266 e. The number of hydrogen-bond acceptors (Lipinski definition) is 5. The molecule has 0 fully saturated rings. The van der Waals surface area contributed by atoms with E-state index in [0.29, 0.717) is 0 Å². The van der Waals surface area contributed by atoms with Crippen LogP contribution in [0.2, 0.25) is 5.02 Å². The Bertz CT molecular complexity index is 710. The molecule has 0 atom stereocenters. The molecular formula is C8H12ClN3O5S2. The van der Waals surface area contributed by atoms with Gasteiger partial charge in [0, 0.05) is 12.7 Å². The fraction of sp³-hybridized carbons (Fsp3) is 0.375. The number of pyridine rings is 1. The number of aromatic amines is 1. The number of H-pyrrole nitrogens is 1. The average Bonchev–Trinajstić information content (AvgIpc) is 2.27. The first-order chi connectivity index (χ1) is 8.62. The van der Waals surface area contributed by atoms with Crippen molar-refractivity contribution in [1.29, 1.82) is 0 Å². The van der Waals surface area contributed by atoms with Gasteiger partial charge in [-0.25, -0.2) is 26.7 Å². The highest BCUT2D eigenvalue weighted by molar-refractivity contribution is 7.89. The number of rotatable bonds is 6. The molecule has 19 heavy (non-hydrogen) atoms. The van der Waals surface area contributed by atoms with Crippen LogP contribution in [-0.4, -0.2) is 34.1 Å². The molecule has 108 valence electrons. The van der Waals surface area contributed by atoms with E-state index in [0.717, 1.165) is 12.3 Å². The van der Waals surface area contributed by atoms with Gasteiger partial charge >= 0.3 is 0 Å². The standard InChI is InChI=1S/C8H12ClN3O5S2/c9-7-4-6(5-11-8(7)13)19(16,17)12-2-1-3-18(10,14)15/h4-5,12H,1-3H2,(H,11,13)(H2,10,14,15). The summed E-state index contributed by atoms with van der Waals surface area (Å²) in [5, 5.41) is 4.51. The Morgan fingerprint density at radius 1 is 1.32 bits per heavy atom. The zero-order chi connectivity index (χ0) is 14.7. The monoisotopic (exact) mass is 329 g/mol. The molecule has 0 radical (unpaired) electrons. The van der Waals surface area contributed by atoms with Gasteiger partial charge in [-0.15, -0.1) is 0 Å². The minimum absolute atomic E-state index is 0.0369. The SMILES string of the molecule is NS(=O)(=O)CCCNS(=O)(=O)c1c[nH]c(=O)c(Cl)c1. The van der Waals surface area contributed by atoms with Crippen molar-refractivity contribution < 1.29 is 16.8 Å². The molecule has 8 nitrogen and oxygen atoms in total. The predicted octanol–water partition coefficient (Wildman–Crippen LogP) is -1.01. The molecular weight excluding hydrogens is 318 g/mol. The Labute approximate surface area is 115 Å². The zero-order valence-corrected chi connectivity index (χ0v) is 12.0. The fourth-order valence-electron chi connectivity index (χ4n) is 1.16. The van der Waals surface area contributed by atoms with Crippen molar-refractivity contribution in [2.45, 2.75) is 11.3 Å². The number of aromatic nitrogens is 1. The van der Waals surface area contributed by atoms with Crippen LogP contribution in [0, 0.1) is 0 Å². The molecule has 1 rings (SSSR count). The highest BCUT2D eigenvalue weighted by Gasteiger charge is 2.15. The molecule has 0 amide bonds. The van der Waals surface area contributed by atoms with Crippen LogP contribution >= 0.6 is 11.6 Å². The van der Waals surface area contributed by atoms with Crippen LogP contribution in [0.1, 0.15) is 6.42 Å². The van der Waals surface area contributed by atoms with E-state index in [-0.39, 0.29) is 28.6 Å². The molecule has 0 aromatic carbocycles. The maximum atomic E-state index is 11.7. The lowest BCUT2D eigenvalue weighted by atomic mass is 10.5. The quantitative estimate of drug-likeness (QED) is 0.573. The van der Waals surface area contributed by atoms with Crippen LogP contribution in [0.4, 0.5) is 0 Å². The van der Waals surface area contributed by atoms with Gasteiger partial charge in [-0.3, -0.25) is 4.79 Å². The zero-order valence-electron chi connectivity index (χ0n) is 9.59. The Morgan fingerprint density at radius 3 is 2.47 bits per heavy atom. The molecule has 0 unspecified atom stereocenters. The molecule has 0 bridgehead atoms. The lowest BCUT2D eigenvalue weighted by Crippen LogP contribution is -2.28. The van der Waals surface area contributed by atoms with Crippen molar-refractivity contribution in [2.75, 3.05) is 12.3 Å². The van der Waals surface area contributed by atoms with E-state index in [2.05, 4.69) is 9.71 Å². The number of hydrogen-bond donors (Lipinski definition) is 3. The summed E-state index contributed by atoms with van der Waals surface area (Å²) in [5.41, 5.74) is -0.602. The molecule has 0 aliphatic rings. The van der Waals surface area contributed by atoms with Crippen LogP contribution in [-0.2, 0) is 20.0 Å². The second-order valence-corrected chi connectivity index (χ2v) is 7.54. The van der Waals surface area contributed by atoms with Crippen LogP contribution in [0.15, 0.2) is 22.0 Å². The van der Waals surface area contributed by atoms with Crippen LogP contribution < -0.4 is 15.4 Å². The van der Waals surface area contributed by atoms with Gasteiger partial charge in [0.1, 0.15) is 5.02 Å². The average molecular weight is 330 g/mol. The largest absolute Gasteiger partial charge is 0.326 e. The van der Waals surface area contributed by atoms with Crippen molar-refractivity contribution in [2.24, 2.45) is 5.14 Å². The van der Waals surface area contributed by atoms with Crippen molar-refractivity contribution in [3.8, 4) is 0 Å². The van der Waals surface area contributed by atoms with E-state index in [1.807, 2.05) is 0 Å². The molecule has 0 aliphatic heterocycles. The van der Waals surface area contributed by atoms with Gasteiger partial charge < -0.3 is 4.98 Å². The normalized spacial score (nSPS) is 12.5. The highest BCUT2D eigenvalue weighted by Crippen LogP contribution is 2.10.